The van der Waals surface area contributed by atoms with Crippen LogP contribution in [0.4, 0.5) is 4.39 Å². The Hall–Kier alpha value is -1.46. The van der Waals surface area contributed by atoms with Crippen molar-refractivity contribution in [3.63, 3.8) is 0 Å². The van der Waals surface area contributed by atoms with Crippen molar-refractivity contribution in [2.75, 3.05) is 13.8 Å². The standard InChI is InChI=1S/C12H15FO4/c1-12(15,8-13)17-7-9-5-3-4-6-10(9)11(14)16-2/h3-6,15H,7-8H2,1-2H3. The molecule has 1 rings (SSSR count). The molecule has 0 saturated heterocycles. The van der Waals surface area contributed by atoms with E-state index in [1.165, 1.54) is 14.0 Å². The average molecular weight is 242 g/mol. The summed E-state index contributed by atoms with van der Waals surface area (Å²) < 4.78 is 21.9. The first kappa shape index (κ1) is 13.6. The maximum absolute atomic E-state index is 12.3. The minimum Gasteiger partial charge on any atom is -0.465 e. The van der Waals surface area contributed by atoms with E-state index in [4.69, 9.17) is 4.74 Å². The third-order valence-electron chi connectivity index (χ3n) is 2.21. The Kier molecular flexibility index (Phi) is 4.60. The molecule has 1 atom stereocenters. The summed E-state index contributed by atoms with van der Waals surface area (Å²) in [5.74, 6) is -2.34. The van der Waals surface area contributed by atoms with Gasteiger partial charge in [0.05, 0.1) is 19.3 Å². The molecule has 17 heavy (non-hydrogen) atoms. The van der Waals surface area contributed by atoms with Crippen LogP contribution in [0.15, 0.2) is 24.3 Å². The normalized spacial score (nSPS) is 14.1. The van der Waals surface area contributed by atoms with Crippen molar-refractivity contribution in [2.45, 2.75) is 19.3 Å². The molecule has 5 heteroatoms. The Morgan fingerprint density at radius 2 is 2.12 bits per heavy atom. The lowest BCUT2D eigenvalue weighted by atomic mass is 10.1. The molecule has 0 aromatic heterocycles. The van der Waals surface area contributed by atoms with E-state index in [0.29, 0.717) is 11.1 Å². The summed E-state index contributed by atoms with van der Waals surface area (Å²) in [7, 11) is 1.28. The van der Waals surface area contributed by atoms with Crippen LogP contribution in [-0.2, 0) is 16.1 Å². The zero-order valence-electron chi connectivity index (χ0n) is 9.77. The van der Waals surface area contributed by atoms with Gasteiger partial charge in [0.1, 0.15) is 6.67 Å². The quantitative estimate of drug-likeness (QED) is 0.630. The van der Waals surface area contributed by atoms with Gasteiger partial charge >= 0.3 is 5.97 Å². The van der Waals surface area contributed by atoms with Crippen LogP contribution >= 0.6 is 0 Å². The van der Waals surface area contributed by atoms with Gasteiger partial charge in [-0.3, -0.25) is 0 Å². The van der Waals surface area contributed by atoms with Crippen molar-refractivity contribution in [3.05, 3.63) is 35.4 Å². The molecular formula is C12H15FO4. The van der Waals surface area contributed by atoms with Crippen LogP contribution in [0.3, 0.4) is 0 Å². The summed E-state index contributed by atoms with van der Waals surface area (Å²) in [6.07, 6.45) is 0. The Morgan fingerprint density at radius 3 is 2.71 bits per heavy atom. The van der Waals surface area contributed by atoms with Crippen LogP contribution in [0.2, 0.25) is 0 Å². The highest BCUT2D eigenvalue weighted by Gasteiger charge is 2.21. The highest BCUT2D eigenvalue weighted by Crippen LogP contribution is 2.15. The van der Waals surface area contributed by atoms with Crippen molar-refractivity contribution >= 4 is 5.97 Å². The van der Waals surface area contributed by atoms with Crippen LogP contribution < -0.4 is 0 Å². The number of halogens is 1. The van der Waals surface area contributed by atoms with Crippen molar-refractivity contribution in [1.29, 1.82) is 0 Å². The minimum absolute atomic E-state index is 0.0673. The Bertz CT molecular complexity index is 390. The second-order valence-corrected chi connectivity index (χ2v) is 3.75. The fourth-order valence-corrected chi connectivity index (χ4v) is 1.23. The van der Waals surface area contributed by atoms with E-state index in [1.807, 2.05) is 0 Å². The van der Waals surface area contributed by atoms with Gasteiger partial charge in [-0.1, -0.05) is 18.2 Å². The van der Waals surface area contributed by atoms with Gasteiger partial charge in [0.2, 0.25) is 0 Å². The lowest BCUT2D eigenvalue weighted by Gasteiger charge is -2.20. The number of carbonyl (C=O) groups is 1. The second-order valence-electron chi connectivity index (χ2n) is 3.75. The van der Waals surface area contributed by atoms with Gasteiger partial charge in [-0.15, -0.1) is 0 Å². The van der Waals surface area contributed by atoms with E-state index in [9.17, 15) is 14.3 Å². The minimum atomic E-state index is -1.84. The van der Waals surface area contributed by atoms with Crippen LogP contribution in [0.5, 0.6) is 0 Å². The van der Waals surface area contributed by atoms with Crippen molar-refractivity contribution in [2.24, 2.45) is 0 Å². The number of carbonyl (C=O) groups excluding carboxylic acids is 1. The number of rotatable bonds is 5. The maximum atomic E-state index is 12.3. The maximum Gasteiger partial charge on any atom is 0.338 e. The van der Waals surface area contributed by atoms with Crippen LogP contribution in [0, 0.1) is 0 Å². The Labute approximate surface area is 99.0 Å². The van der Waals surface area contributed by atoms with Crippen LogP contribution in [0.25, 0.3) is 0 Å². The molecule has 0 radical (unpaired) electrons. The molecule has 0 saturated carbocycles. The lowest BCUT2D eigenvalue weighted by molar-refractivity contribution is -0.206. The fourth-order valence-electron chi connectivity index (χ4n) is 1.23. The summed E-state index contributed by atoms with van der Waals surface area (Å²) in [6.45, 7) is 0.128. The molecule has 0 aliphatic rings. The molecule has 1 unspecified atom stereocenters. The van der Waals surface area contributed by atoms with Gasteiger partial charge in [-0.25, -0.2) is 9.18 Å². The van der Waals surface area contributed by atoms with E-state index >= 15 is 0 Å². The SMILES string of the molecule is COC(=O)c1ccccc1COC(C)(O)CF. The first-order valence-corrected chi connectivity index (χ1v) is 5.08. The fraction of sp³-hybridized carbons (Fsp3) is 0.417. The summed E-state index contributed by atoms with van der Waals surface area (Å²) >= 11 is 0. The zero-order chi connectivity index (χ0) is 12.9. The van der Waals surface area contributed by atoms with Crippen molar-refractivity contribution < 1.29 is 23.8 Å². The first-order chi connectivity index (χ1) is 8.00. The molecule has 94 valence electrons. The molecule has 0 fully saturated rings. The first-order valence-electron chi connectivity index (χ1n) is 5.08. The summed E-state index contributed by atoms with van der Waals surface area (Å²) in [5.41, 5.74) is 0.873. The Balaban J connectivity index is 2.81. The third-order valence-corrected chi connectivity index (χ3v) is 2.21. The van der Waals surface area contributed by atoms with E-state index in [0.717, 1.165) is 0 Å². The molecule has 4 nitrogen and oxygen atoms in total. The number of alkyl halides is 1. The summed E-state index contributed by atoms with van der Waals surface area (Å²) in [6, 6.07) is 6.63. The Morgan fingerprint density at radius 1 is 1.47 bits per heavy atom. The van der Waals surface area contributed by atoms with Crippen LogP contribution in [0.1, 0.15) is 22.8 Å². The van der Waals surface area contributed by atoms with E-state index < -0.39 is 18.4 Å². The van der Waals surface area contributed by atoms with E-state index in [1.54, 1.807) is 24.3 Å². The van der Waals surface area contributed by atoms with Gasteiger partial charge in [-0.05, 0) is 18.6 Å². The molecule has 0 aliphatic carbocycles. The number of hydrogen-bond acceptors (Lipinski definition) is 4. The number of ether oxygens (including phenoxy) is 2. The monoisotopic (exact) mass is 242 g/mol. The van der Waals surface area contributed by atoms with Crippen molar-refractivity contribution in [3.8, 4) is 0 Å². The molecule has 1 aromatic carbocycles. The van der Waals surface area contributed by atoms with Gasteiger partial charge in [0.15, 0.2) is 5.79 Å². The highest BCUT2D eigenvalue weighted by atomic mass is 19.1. The van der Waals surface area contributed by atoms with Gasteiger partial charge in [0, 0.05) is 0 Å². The largest absolute Gasteiger partial charge is 0.465 e. The number of hydrogen-bond donors (Lipinski definition) is 1. The second kappa shape index (κ2) is 5.75. The third kappa shape index (κ3) is 3.80. The molecule has 0 amide bonds. The highest BCUT2D eigenvalue weighted by molar-refractivity contribution is 5.90. The molecule has 0 bridgehead atoms. The molecule has 1 N–H and O–H groups in total. The van der Waals surface area contributed by atoms with Gasteiger partial charge in [0.25, 0.3) is 0 Å². The molecular weight excluding hydrogens is 227 g/mol. The van der Waals surface area contributed by atoms with E-state index in [-0.39, 0.29) is 6.61 Å². The van der Waals surface area contributed by atoms with Crippen molar-refractivity contribution in [1.82, 2.24) is 0 Å². The van der Waals surface area contributed by atoms with Crippen LogP contribution in [-0.4, -0.2) is 30.6 Å². The predicted octanol–water partition coefficient (Wildman–Crippen LogP) is 1.67. The summed E-state index contributed by atoms with van der Waals surface area (Å²) in [4.78, 5) is 11.4. The van der Waals surface area contributed by atoms with E-state index in [2.05, 4.69) is 4.74 Å². The molecule has 0 spiro atoms. The summed E-state index contributed by atoms with van der Waals surface area (Å²) in [5, 5.41) is 9.36. The molecule has 0 heterocycles. The molecule has 1 aromatic rings. The van der Waals surface area contributed by atoms with Gasteiger partial charge in [-0.2, -0.15) is 0 Å². The topological polar surface area (TPSA) is 55.8 Å². The lowest BCUT2D eigenvalue weighted by Crippen LogP contribution is -2.30. The smallest absolute Gasteiger partial charge is 0.338 e. The number of benzene rings is 1. The molecule has 0 aliphatic heterocycles. The zero-order valence-corrected chi connectivity index (χ0v) is 9.77. The number of methoxy groups -OCH3 is 1. The number of esters is 1. The average Bonchev–Trinajstić information content (AvgIpc) is 2.36. The predicted molar refractivity (Wildman–Crippen MR) is 59.2 cm³/mol. The van der Waals surface area contributed by atoms with Gasteiger partial charge < -0.3 is 14.6 Å². The number of aliphatic hydroxyl groups is 1.